The number of anilines is 2. The third kappa shape index (κ3) is 4.82. The number of amides is 2. The van der Waals surface area contributed by atoms with Crippen molar-refractivity contribution in [2.45, 2.75) is 44.1 Å². The highest BCUT2D eigenvalue weighted by Crippen LogP contribution is 2.24. The van der Waals surface area contributed by atoms with Crippen LogP contribution in [0.4, 0.5) is 11.4 Å². The first-order valence-electron chi connectivity index (χ1n) is 7.61. The smallest absolute Gasteiger partial charge is 0.237 e. The van der Waals surface area contributed by atoms with Gasteiger partial charge in [-0.1, -0.05) is 11.8 Å². The van der Waals surface area contributed by atoms with Gasteiger partial charge in [0.05, 0.1) is 5.25 Å². The molecule has 0 spiro atoms. The number of carbonyl (C=O) groups excluding carboxylic acids is 2. The molecule has 8 heteroatoms. The highest BCUT2D eigenvalue weighted by Gasteiger charge is 2.18. The second-order valence-electron chi connectivity index (χ2n) is 5.62. The lowest BCUT2D eigenvalue weighted by Gasteiger charge is -2.14. The van der Waals surface area contributed by atoms with E-state index in [1.807, 2.05) is 25.3 Å². The van der Waals surface area contributed by atoms with Crippen molar-refractivity contribution in [3.05, 3.63) is 30.6 Å². The van der Waals surface area contributed by atoms with Gasteiger partial charge in [-0.05, 0) is 45.0 Å². The van der Waals surface area contributed by atoms with Crippen molar-refractivity contribution in [1.29, 1.82) is 0 Å². The summed E-state index contributed by atoms with van der Waals surface area (Å²) >= 11 is 1.36. The summed E-state index contributed by atoms with van der Waals surface area (Å²) in [7, 11) is 0. The molecule has 0 bridgehead atoms. The van der Waals surface area contributed by atoms with E-state index in [2.05, 4.69) is 20.8 Å². The van der Waals surface area contributed by atoms with Gasteiger partial charge < -0.3 is 15.2 Å². The maximum Gasteiger partial charge on any atom is 0.237 e. The fourth-order valence-electron chi connectivity index (χ4n) is 1.97. The zero-order valence-corrected chi connectivity index (χ0v) is 14.9. The van der Waals surface area contributed by atoms with Crippen LogP contribution in [0.3, 0.4) is 0 Å². The predicted octanol–water partition coefficient (Wildman–Crippen LogP) is 2.94. The molecule has 2 aromatic rings. The maximum atomic E-state index is 12.3. The van der Waals surface area contributed by atoms with E-state index in [9.17, 15) is 9.59 Å². The largest absolute Gasteiger partial charge is 0.326 e. The lowest BCUT2D eigenvalue weighted by molar-refractivity contribution is -0.115. The summed E-state index contributed by atoms with van der Waals surface area (Å²) in [5.74, 6) is -0.253. The van der Waals surface area contributed by atoms with Crippen LogP contribution in [0.1, 0.15) is 33.7 Å². The molecular formula is C16H21N5O2S. The van der Waals surface area contributed by atoms with Gasteiger partial charge in [0.2, 0.25) is 11.8 Å². The zero-order chi connectivity index (χ0) is 17.7. The second kappa shape index (κ2) is 7.96. The fraction of sp³-hybridized carbons (Fsp3) is 0.375. The predicted molar refractivity (Wildman–Crippen MR) is 95.1 cm³/mol. The van der Waals surface area contributed by atoms with Gasteiger partial charge in [0.15, 0.2) is 5.16 Å². The quantitative estimate of drug-likeness (QED) is 0.784. The van der Waals surface area contributed by atoms with Crippen LogP contribution in [0.5, 0.6) is 0 Å². The van der Waals surface area contributed by atoms with Gasteiger partial charge in [0, 0.05) is 24.3 Å². The molecule has 2 N–H and O–H groups in total. The van der Waals surface area contributed by atoms with Crippen molar-refractivity contribution < 1.29 is 9.59 Å². The van der Waals surface area contributed by atoms with Crippen LogP contribution >= 0.6 is 11.8 Å². The van der Waals surface area contributed by atoms with Crippen LogP contribution in [0.15, 0.2) is 35.7 Å². The average molecular weight is 347 g/mol. The molecule has 1 aromatic heterocycles. The first-order chi connectivity index (χ1) is 11.4. The minimum absolute atomic E-state index is 0.120. The molecule has 24 heavy (non-hydrogen) atoms. The second-order valence-corrected chi connectivity index (χ2v) is 6.93. The maximum absolute atomic E-state index is 12.3. The van der Waals surface area contributed by atoms with Crippen LogP contribution in [0, 0.1) is 0 Å². The SMILES string of the molecule is CC(=O)Nc1ccc(NC(=O)[C@H](C)Sc2nncn2C(C)C)cc1. The lowest BCUT2D eigenvalue weighted by atomic mass is 10.2. The molecule has 128 valence electrons. The lowest BCUT2D eigenvalue weighted by Crippen LogP contribution is -2.23. The molecule has 7 nitrogen and oxygen atoms in total. The molecule has 2 rings (SSSR count). The van der Waals surface area contributed by atoms with E-state index in [-0.39, 0.29) is 23.1 Å². The Hall–Kier alpha value is -2.35. The van der Waals surface area contributed by atoms with E-state index in [0.717, 1.165) is 0 Å². The summed E-state index contributed by atoms with van der Waals surface area (Å²) in [5, 5.41) is 13.9. The number of hydrogen-bond acceptors (Lipinski definition) is 5. The number of carbonyl (C=O) groups is 2. The Morgan fingerprint density at radius 1 is 1.08 bits per heavy atom. The number of nitrogens with zero attached hydrogens (tertiary/aromatic N) is 3. The first kappa shape index (κ1) is 18.0. The van der Waals surface area contributed by atoms with Gasteiger partial charge in [-0.3, -0.25) is 9.59 Å². The molecule has 0 saturated carbocycles. The highest BCUT2D eigenvalue weighted by molar-refractivity contribution is 8.00. The topological polar surface area (TPSA) is 88.9 Å². The zero-order valence-electron chi connectivity index (χ0n) is 14.1. The highest BCUT2D eigenvalue weighted by atomic mass is 32.2. The molecule has 1 atom stereocenters. The normalized spacial score (nSPS) is 12.0. The summed E-state index contributed by atoms with van der Waals surface area (Å²) < 4.78 is 1.93. The average Bonchev–Trinajstić information content (AvgIpc) is 2.97. The van der Waals surface area contributed by atoms with Crippen LogP contribution in [-0.4, -0.2) is 31.8 Å². The molecule has 0 fully saturated rings. The molecule has 2 amide bonds. The Kier molecular flexibility index (Phi) is 5.97. The van der Waals surface area contributed by atoms with E-state index < -0.39 is 0 Å². The summed E-state index contributed by atoms with van der Waals surface area (Å²) in [5.41, 5.74) is 1.36. The number of hydrogen-bond donors (Lipinski definition) is 2. The van der Waals surface area contributed by atoms with E-state index in [0.29, 0.717) is 16.5 Å². The minimum Gasteiger partial charge on any atom is -0.326 e. The number of benzene rings is 1. The summed E-state index contributed by atoms with van der Waals surface area (Å²) in [6.07, 6.45) is 1.67. The summed E-state index contributed by atoms with van der Waals surface area (Å²) in [6, 6.07) is 7.21. The molecule has 0 unspecified atom stereocenters. The van der Waals surface area contributed by atoms with Crippen LogP contribution in [0.25, 0.3) is 0 Å². The van der Waals surface area contributed by atoms with Crippen molar-refractivity contribution in [2.75, 3.05) is 10.6 Å². The standard InChI is InChI=1S/C16H21N5O2S/c1-10(2)21-9-17-20-16(21)24-11(3)15(23)19-14-7-5-13(6-8-14)18-12(4)22/h5-11H,1-4H3,(H,18,22)(H,19,23)/t11-/m0/s1. The number of aromatic nitrogens is 3. The Morgan fingerprint density at radius 3 is 2.21 bits per heavy atom. The molecule has 1 aromatic carbocycles. The van der Waals surface area contributed by atoms with Gasteiger partial charge >= 0.3 is 0 Å². The third-order valence-corrected chi connectivity index (χ3v) is 4.29. The molecule has 1 heterocycles. The van der Waals surface area contributed by atoms with Gasteiger partial charge in [-0.2, -0.15) is 0 Å². The van der Waals surface area contributed by atoms with E-state index in [4.69, 9.17) is 0 Å². The minimum atomic E-state index is -0.318. The molecule has 0 aliphatic rings. The van der Waals surface area contributed by atoms with Crippen molar-refractivity contribution >= 4 is 35.0 Å². The van der Waals surface area contributed by atoms with Gasteiger partial charge in [-0.15, -0.1) is 10.2 Å². The van der Waals surface area contributed by atoms with E-state index in [1.54, 1.807) is 30.6 Å². The van der Waals surface area contributed by atoms with Crippen molar-refractivity contribution in [3.8, 4) is 0 Å². The molecule has 0 radical (unpaired) electrons. The van der Waals surface area contributed by atoms with Crippen molar-refractivity contribution in [3.63, 3.8) is 0 Å². The van der Waals surface area contributed by atoms with E-state index in [1.165, 1.54) is 18.7 Å². The molecule has 0 saturated heterocycles. The van der Waals surface area contributed by atoms with Crippen molar-refractivity contribution in [1.82, 2.24) is 14.8 Å². The Balaban J connectivity index is 1.96. The Morgan fingerprint density at radius 2 is 1.67 bits per heavy atom. The Labute approximate surface area is 145 Å². The third-order valence-electron chi connectivity index (χ3n) is 3.22. The summed E-state index contributed by atoms with van der Waals surface area (Å²) in [4.78, 5) is 23.3. The molecule has 0 aliphatic carbocycles. The van der Waals surface area contributed by atoms with Gasteiger partial charge in [0.1, 0.15) is 6.33 Å². The Bertz CT molecular complexity index is 712. The van der Waals surface area contributed by atoms with Crippen LogP contribution in [0.2, 0.25) is 0 Å². The number of thioether (sulfide) groups is 1. The molecule has 0 aliphatic heterocycles. The fourth-order valence-corrected chi connectivity index (χ4v) is 2.92. The van der Waals surface area contributed by atoms with E-state index >= 15 is 0 Å². The van der Waals surface area contributed by atoms with Gasteiger partial charge in [0.25, 0.3) is 0 Å². The molecular weight excluding hydrogens is 326 g/mol. The van der Waals surface area contributed by atoms with Crippen LogP contribution < -0.4 is 10.6 Å². The monoisotopic (exact) mass is 347 g/mol. The number of nitrogens with one attached hydrogen (secondary N) is 2. The van der Waals surface area contributed by atoms with Crippen LogP contribution in [-0.2, 0) is 9.59 Å². The van der Waals surface area contributed by atoms with Crippen molar-refractivity contribution in [2.24, 2.45) is 0 Å². The number of rotatable bonds is 6. The summed E-state index contributed by atoms with van der Waals surface area (Å²) in [6.45, 7) is 7.35. The van der Waals surface area contributed by atoms with Gasteiger partial charge in [-0.25, -0.2) is 0 Å². The first-order valence-corrected chi connectivity index (χ1v) is 8.49.